The average Bonchev–Trinajstić information content (AvgIpc) is 2.92. The fourth-order valence-corrected chi connectivity index (χ4v) is 4.91. The second kappa shape index (κ2) is 21.3. The maximum Gasteiger partial charge on any atom is 0.370 e. The smallest absolute Gasteiger partial charge is 0.370 e. The maximum absolute atomic E-state index is 15.2. The van der Waals surface area contributed by atoms with E-state index in [1.807, 2.05) is 0 Å². The third-order valence-corrected chi connectivity index (χ3v) is 7.23. The van der Waals surface area contributed by atoms with Crippen molar-refractivity contribution in [3.05, 3.63) is 11.8 Å². The van der Waals surface area contributed by atoms with E-state index < -0.39 is 60.6 Å². The van der Waals surface area contributed by atoms with Crippen LogP contribution in [0.2, 0.25) is 0 Å². The highest BCUT2D eigenvalue weighted by Gasteiger charge is 2.44. The van der Waals surface area contributed by atoms with Gasteiger partial charge in [0, 0.05) is 25.5 Å². The molecule has 1 aliphatic heterocycles. The number of ether oxygens (including phenoxy) is 2. The van der Waals surface area contributed by atoms with E-state index in [1.165, 1.54) is 77.6 Å². The highest BCUT2D eigenvalue weighted by molar-refractivity contribution is 5.86. The molecule has 0 fully saturated rings. The van der Waals surface area contributed by atoms with Crippen LogP contribution in [0.4, 0.5) is 4.39 Å². The van der Waals surface area contributed by atoms with E-state index in [4.69, 9.17) is 14.9 Å². The summed E-state index contributed by atoms with van der Waals surface area (Å²) in [5, 5.41) is 29.5. The van der Waals surface area contributed by atoms with Crippen LogP contribution >= 0.6 is 0 Å². The van der Waals surface area contributed by atoms with E-state index in [-0.39, 0.29) is 6.42 Å². The van der Waals surface area contributed by atoms with Gasteiger partial charge in [-0.2, -0.15) is 0 Å². The standard InChI is InChI=1S/C30H51FN2O7/c1-3-4-5-6-7-8-9-10-11-12-13-14-15-16-17-18-26(36)39-21-24(35)27(31)29-28(33-22(2)34)23(20-32)19-25(40-29)30(37)38/h19-20,23-24,27-29,32,35H,3-18,21H2,1-2H3,(H,33,34)(H,37,38). The Kier molecular flexibility index (Phi) is 18.9. The topological polar surface area (TPSA) is 146 Å². The lowest BCUT2D eigenvalue weighted by atomic mass is 9.88. The van der Waals surface area contributed by atoms with Gasteiger partial charge in [-0.1, -0.05) is 96.8 Å². The summed E-state index contributed by atoms with van der Waals surface area (Å²) >= 11 is 0. The van der Waals surface area contributed by atoms with E-state index >= 15 is 4.39 Å². The van der Waals surface area contributed by atoms with Crippen molar-refractivity contribution in [3.63, 3.8) is 0 Å². The SMILES string of the molecule is CCCCCCCCCCCCCCCCCC(=O)OCC(O)C(F)C1OC(C(=O)O)=CC(C=N)C1NC(C)=O. The van der Waals surface area contributed by atoms with Crippen molar-refractivity contribution in [1.82, 2.24) is 5.32 Å². The number of aliphatic carboxylic acids is 1. The number of esters is 1. The van der Waals surface area contributed by atoms with Crippen molar-refractivity contribution >= 4 is 24.1 Å². The van der Waals surface area contributed by atoms with Gasteiger partial charge < -0.3 is 30.4 Å². The van der Waals surface area contributed by atoms with E-state index in [9.17, 15) is 24.6 Å². The summed E-state index contributed by atoms with van der Waals surface area (Å²) in [7, 11) is 0. The van der Waals surface area contributed by atoms with Crippen molar-refractivity contribution in [2.75, 3.05) is 6.61 Å². The van der Waals surface area contributed by atoms with Gasteiger partial charge in [-0.15, -0.1) is 0 Å². The largest absolute Gasteiger partial charge is 0.478 e. The third-order valence-electron chi connectivity index (χ3n) is 7.23. The summed E-state index contributed by atoms with van der Waals surface area (Å²) in [4.78, 5) is 35.0. The number of rotatable bonds is 23. The summed E-state index contributed by atoms with van der Waals surface area (Å²) < 4.78 is 25.4. The molecular formula is C30H51FN2O7. The highest BCUT2D eigenvalue weighted by atomic mass is 19.1. The van der Waals surface area contributed by atoms with Crippen LogP contribution in [0.1, 0.15) is 117 Å². The first kappa shape index (κ1) is 35.5. The molecule has 0 saturated heterocycles. The minimum atomic E-state index is -2.18. The Hall–Kier alpha value is -2.49. The lowest BCUT2D eigenvalue weighted by Gasteiger charge is -2.37. The number of hydrogen-bond acceptors (Lipinski definition) is 7. The number of aliphatic hydroxyl groups excluding tert-OH is 1. The first-order valence-corrected chi connectivity index (χ1v) is 15.1. The van der Waals surface area contributed by atoms with Crippen LogP contribution in [0.15, 0.2) is 11.8 Å². The number of halogens is 1. The van der Waals surface area contributed by atoms with E-state index in [0.29, 0.717) is 6.42 Å². The fourth-order valence-electron chi connectivity index (χ4n) is 4.91. The second-order valence-corrected chi connectivity index (χ2v) is 10.8. The molecule has 1 heterocycles. The number of alkyl halides is 1. The van der Waals surface area contributed by atoms with Crippen molar-refractivity contribution < 1.29 is 38.5 Å². The normalized spacial score (nSPS) is 20.1. The zero-order valence-corrected chi connectivity index (χ0v) is 24.4. The molecule has 5 unspecified atom stereocenters. The summed E-state index contributed by atoms with van der Waals surface area (Å²) in [6, 6.07) is -1.11. The predicted molar refractivity (Wildman–Crippen MR) is 152 cm³/mol. The molecule has 0 radical (unpaired) electrons. The molecule has 1 rings (SSSR count). The Morgan fingerprint density at radius 1 is 1.00 bits per heavy atom. The molecule has 0 bridgehead atoms. The summed E-state index contributed by atoms with van der Waals surface area (Å²) in [6.45, 7) is 2.80. The van der Waals surface area contributed by atoms with Crippen molar-refractivity contribution in [2.45, 2.75) is 141 Å². The molecule has 0 aliphatic carbocycles. The zero-order chi connectivity index (χ0) is 29.8. The summed E-state index contributed by atoms with van der Waals surface area (Å²) in [6.07, 6.45) is 14.8. The molecule has 230 valence electrons. The van der Waals surface area contributed by atoms with Crippen molar-refractivity contribution in [1.29, 1.82) is 5.41 Å². The van der Waals surface area contributed by atoms with Crippen LogP contribution in [0.3, 0.4) is 0 Å². The zero-order valence-electron chi connectivity index (χ0n) is 24.4. The number of carbonyl (C=O) groups excluding carboxylic acids is 2. The molecule has 0 aromatic rings. The van der Waals surface area contributed by atoms with Crippen molar-refractivity contribution in [2.24, 2.45) is 5.92 Å². The summed E-state index contributed by atoms with van der Waals surface area (Å²) in [5.41, 5.74) is 0. The van der Waals surface area contributed by atoms with E-state index in [0.717, 1.165) is 31.6 Å². The van der Waals surface area contributed by atoms with E-state index in [2.05, 4.69) is 12.2 Å². The Morgan fingerprint density at radius 3 is 1.95 bits per heavy atom. The van der Waals surface area contributed by atoms with Gasteiger partial charge in [0.1, 0.15) is 12.7 Å². The first-order valence-electron chi connectivity index (χ1n) is 15.1. The summed E-state index contributed by atoms with van der Waals surface area (Å²) in [5.74, 6) is -4.08. The second-order valence-electron chi connectivity index (χ2n) is 10.8. The molecule has 10 heteroatoms. The molecule has 4 N–H and O–H groups in total. The Balaban J connectivity index is 2.23. The third kappa shape index (κ3) is 14.8. The molecule has 9 nitrogen and oxygen atoms in total. The number of carboxylic acid groups (broad SMARTS) is 1. The molecule has 5 atom stereocenters. The highest BCUT2D eigenvalue weighted by Crippen LogP contribution is 2.27. The minimum absolute atomic E-state index is 0.165. The number of aliphatic hydroxyl groups is 1. The lowest BCUT2D eigenvalue weighted by Crippen LogP contribution is -2.57. The Morgan fingerprint density at radius 2 is 1.50 bits per heavy atom. The van der Waals surface area contributed by atoms with Crippen LogP contribution in [0.5, 0.6) is 0 Å². The van der Waals surface area contributed by atoms with Gasteiger partial charge >= 0.3 is 11.9 Å². The van der Waals surface area contributed by atoms with Gasteiger partial charge in [-0.05, 0) is 12.5 Å². The lowest BCUT2D eigenvalue weighted by molar-refractivity contribution is -0.151. The van der Waals surface area contributed by atoms with E-state index in [1.54, 1.807) is 0 Å². The molecule has 1 amide bonds. The number of carbonyl (C=O) groups is 3. The monoisotopic (exact) mass is 570 g/mol. The van der Waals surface area contributed by atoms with Crippen LogP contribution in [-0.2, 0) is 23.9 Å². The number of hydrogen-bond donors (Lipinski definition) is 4. The molecule has 0 spiro atoms. The van der Waals surface area contributed by atoms with Crippen LogP contribution < -0.4 is 5.32 Å². The molecule has 0 aromatic heterocycles. The van der Waals surface area contributed by atoms with Crippen LogP contribution in [0.25, 0.3) is 0 Å². The molecule has 0 saturated carbocycles. The average molecular weight is 571 g/mol. The predicted octanol–water partition coefficient (Wildman–Crippen LogP) is 5.63. The molecule has 40 heavy (non-hydrogen) atoms. The minimum Gasteiger partial charge on any atom is -0.478 e. The molecule has 0 aromatic carbocycles. The molecule has 1 aliphatic rings. The van der Waals surface area contributed by atoms with Gasteiger partial charge in [0.2, 0.25) is 11.7 Å². The van der Waals surface area contributed by atoms with Gasteiger partial charge in [0.15, 0.2) is 12.3 Å². The van der Waals surface area contributed by atoms with Gasteiger partial charge in [0.25, 0.3) is 0 Å². The maximum atomic E-state index is 15.2. The van der Waals surface area contributed by atoms with Crippen LogP contribution in [-0.4, -0.2) is 65.3 Å². The fraction of sp³-hybridized carbons (Fsp3) is 0.800. The van der Waals surface area contributed by atoms with Gasteiger partial charge in [0.05, 0.1) is 6.04 Å². The quantitative estimate of drug-likeness (QED) is 0.0707. The van der Waals surface area contributed by atoms with Crippen LogP contribution in [0, 0.1) is 11.3 Å². The first-order chi connectivity index (χ1) is 19.2. The van der Waals surface area contributed by atoms with Crippen molar-refractivity contribution in [3.8, 4) is 0 Å². The molecular weight excluding hydrogens is 519 g/mol. The Labute approximate surface area is 238 Å². The number of unbranched alkanes of at least 4 members (excludes halogenated alkanes) is 14. The van der Waals surface area contributed by atoms with Gasteiger partial charge in [-0.3, -0.25) is 9.59 Å². The number of amides is 1. The number of nitrogens with one attached hydrogen (secondary N) is 2. The Bertz CT molecular complexity index is 792. The number of carboxylic acids is 1. The van der Waals surface area contributed by atoms with Gasteiger partial charge in [-0.25, -0.2) is 9.18 Å².